The van der Waals surface area contributed by atoms with E-state index in [1.165, 1.54) is 5.56 Å². The van der Waals surface area contributed by atoms with Crippen LogP contribution in [0.5, 0.6) is 0 Å². The molecule has 5 aromatic rings. The van der Waals surface area contributed by atoms with Gasteiger partial charge >= 0.3 is 5.63 Å². The molecule has 0 saturated heterocycles. The molecule has 3 heterocycles. The molecule has 6 rings (SSSR count). The summed E-state index contributed by atoms with van der Waals surface area (Å²) in [6, 6.07) is 11.4. The number of amides is 1. The number of aromatic nitrogens is 2. The number of carbonyl (C=O) groups is 1. The molecular weight excluding hydrogens is 406 g/mol. The molecule has 1 aliphatic carbocycles. The van der Waals surface area contributed by atoms with Gasteiger partial charge in [0.15, 0.2) is 0 Å². The number of nitrogens with zero attached hydrogens (tertiary/aromatic N) is 1. The van der Waals surface area contributed by atoms with Crippen molar-refractivity contribution in [1.82, 2.24) is 9.97 Å². The number of benzene rings is 2. The van der Waals surface area contributed by atoms with E-state index in [-0.39, 0.29) is 12.3 Å². The van der Waals surface area contributed by atoms with E-state index < -0.39 is 5.63 Å². The number of hydrogen-bond donors (Lipinski definition) is 2. The number of carbonyl (C=O) groups excluding carboxylic acids is 1. The molecule has 3 aromatic heterocycles. The van der Waals surface area contributed by atoms with Crippen LogP contribution in [0.2, 0.25) is 0 Å². The van der Waals surface area contributed by atoms with Gasteiger partial charge in [-0.1, -0.05) is 12.1 Å². The van der Waals surface area contributed by atoms with E-state index in [0.717, 1.165) is 64.4 Å². The number of aromatic amines is 1. The fourth-order valence-electron chi connectivity index (χ4n) is 4.70. The first-order valence-electron chi connectivity index (χ1n) is 10.8. The minimum atomic E-state index is -0.509. The number of rotatable bonds is 3. The number of anilines is 1. The maximum atomic E-state index is 12.7. The smallest absolute Gasteiger partial charge is 0.340 e. The van der Waals surface area contributed by atoms with Gasteiger partial charge in [-0.2, -0.15) is 0 Å². The lowest BCUT2D eigenvalue weighted by Crippen LogP contribution is -2.21. The number of furan rings is 1. The molecule has 0 fully saturated rings. The molecule has 0 aliphatic heterocycles. The predicted molar refractivity (Wildman–Crippen MR) is 122 cm³/mol. The van der Waals surface area contributed by atoms with Crippen LogP contribution in [0.3, 0.4) is 0 Å². The topological polar surface area (TPSA) is 101 Å². The minimum Gasteiger partial charge on any atom is -0.461 e. The molecule has 2 aromatic carbocycles. The zero-order valence-electron chi connectivity index (χ0n) is 17.6. The summed E-state index contributed by atoms with van der Waals surface area (Å²) in [4.78, 5) is 32.8. The van der Waals surface area contributed by atoms with E-state index in [4.69, 9.17) is 8.83 Å². The zero-order chi connectivity index (χ0) is 21.8. The van der Waals surface area contributed by atoms with Crippen molar-refractivity contribution in [3.8, 4) is 0 Å². The van der Waals surface area contributed by atoms with Crippen molar-refractivity contribution in [2.24, 2.45) is 0 Å². The van der Waals surface area contributed by atoms with Crippen molar-refractivity contribution in [1.29, 1.82) is 0 Å². The summed E-state index contributed by atoms with van der Waals surface area (Å²) in [6.07, 6.45) is 4.12. The average molecular weight is 427 g/mol. The standard InChI is InChI=1S/C25H21N3O4/c1-13-15-10-17-14-6-2-5-9-20(14)31-22(17)12-21(15)32-24(30)16(13)11-23(29)28-25-26-18-7-3-4-8-19(18)27-25/h3-4,7-8,10,12H,2,5-6,9,11H2,1H3,(H2,26,27,28,29). The first kappa shape index (κ1) is 18.9. The molecule has 0 bridgehead atoms. The molecule has 0 atom stereocenters. The highest BCUT2D eigenvalue weighted by Gasteiger charge is 2.21. The maximum absolute atomic E-state index is 12.7. The third-order valence-electron chi connectivity index (χ3n) is 6.35. The zero-order valence-corrected chi connectivity index (χ0v) is 17.6. The lowest BCUT2D eigenvalue weighted by atomic mass is 9.94. The third kappa shape index (κ3) is 3.00. The van der Waals surface area contributed by atoms with Crippen molar-refractivity contribution in [2.75, 3.05) is 5.32 Å². The number of aryl methyl sites for hydroxylation is 3. The Bertz CT molecular complexity index is 1560. The molecule has 7 heteroatoms. The van der Waals surface area contributed by atoms with Gasteiger partial charge in [-0.3, -0.25) is 10.1 Å². The number of para-hydroxylation sites is 2. The van der Waals surface area contributed by atoms with Gasteiger partial charge in [-0.15, -0.1) is 0 Å². The summed E-state index contributed by atoms with van der Waals surface area (Å²) in [5.41, 5.74) is 4.67. The summed E-state index contributed by atoms with van der Waals surface area (Å²) in [5.74, 6) is 1.05. The number of fused-ring (bicyclic) bond motifs is 5. The van der Waals surface area contributed by atoms with Crippen LogP contribution in [-0.4, -0.2) is 15.9 Å². The predicted octanol–water partition coefficient (Wildman–Crippen LogP) is 4.78. The van der Waals surface area contributed by atoms with Crippen LogP contribution in [-0.2, 0) is 24.1 Å². The first-order chi connectivity index (χ1) is 15.6. The molecule has 1 aliphatic rings. The molecular formula is C25H21N3O4. The molecule has 160 valence electrons. The lowest BCUT2D eigenvalue weighted by molar-refractivity contribution is -0.115. The van der Waals surface area contributed by atoms with Gasteiger partial charge in [-0.25, -0.2) is 9.78 Å². The summed E-state index contributed by atoms with van der Waals surface area (Å²) in [5, 5.41) is 4.65. The number of imidazole rings is 1. The Hall–Kier alpha value is -3.87. The quantitative estimate of drug-likeness (QED) is 0.403. The highest BCUT2D eigenvalue weighted by atomic mass is 16.4. The van der Waals surface area contributed by atoms with E-state index in [9.17, 15) is 9.59 Å². The number of nitrogens with one attached hydrogen (secondary N) is 2. The Balaban J connectivity index is 1.36. The van der Waals surface area contributed by atoms with Crippen molar-refractivity contribution in [3.05, 3.63) is 69.3 Å². The van der Waals surface area contributed by atoms with Gasteiger partial charge in [-0.05, 0) is 49.9 Å². The van der Waals surface area contributed by atoms with Crippen LogP contribution in [0.25, 0.3) is 33.0 Å². The highest BCUT2D eigenvalue weighted by molar-refractivity contribution is 5.98. The average Bonchev–Trinajstić information content (AvgIpc) is 3.35. The van der Waals surface area contributed by atoms with E-state index >= 15 is 0 Å². The summed E-state index contributed by atoms with van der Waals surface area (Å²) in [6.45, 7) is 1.86. The van der Waals surface area contributed by atoms with Crippen LogP contribution < -0.4 is 10.9 Å². The van der Waals surface area contributed by atoms with E-state index in [1.54, 1.807) is 6.07 Å². The van der Waals surface area contributed by atoms with Crippen LogP contribution in [0, 0.1) is 6.92 Å². The number of hydrogen-bond acceptors (Lipinski definition) is 5. The lowest BCUT2D eigenvalue weighted by Gasteiger charge is -2.09. The highest BCUT2D eigenvalue weighted by Crippen LogP contribution is 2.35. The van der Waals surface area contributed by atoms with Gasteiger partial charge in [0.25, 0.3) is 0 Å². The molecule has 0 saturated carbocycles. The molecule has 2 N–H and O–H groups in total. The Kier molecular flexibility index (Phi) is 4.18. The fraction of sp³-hybridized carbons (Fsp3) is 0.240. The SMILES string of the molecule is Cc1c(CC(=O)Nc2nc3ccccc3[nH]2)c(=O)oc2cc3oc4c(c3cc12)CCCC4. The molecule has 7 nitrogen and oxygen atoms in total. The van der Waals surface area contributed by atoms with Crippen LogP contribution in [0.4, 0.5) is 5.95 Å². The first-order valence-corrected chi connectivity index (χ1v) is 10.8. The second kappa shape index (κ2) is 7.09. The molecule has 32 heavy (non-hydrogen) atoms. The number of H-pyrrole nitrogens is 1. The summed E-state index contributed by atoms with van der Waals surface area (Å²) >= 11 is 0. The molecule has 0 unspecified atom stereocenters. The fourth-order valence-corrected chi connectivity index (χ4v) is 4.70. The van der Waals surface area contributed by atoms with Gasteiger partial charge < -0.3 is 13.8 Å². The Morgan fingerprint density at radius 2 is 1.91 bits per heavy atom. The third-order valence-corrected chi connectivity index (χ3v) is 6.35. The molecule has 1 amide bonds. The van der Waals surface area contributed by atoms with Crippen LogP contribution in [0.15, 0.2) is 50.0 Å². The Morgan fingerprint density at radius 1 is 1.09 bits per heavy atom. The van der Waals surface area contributed by atoms with Crippen molar-refractivity contribution < 1.29 is 13.6 Å². The minimum absolute atomic E-state index is 0.0946. The van der Waals surface area contributed by atoms with E-state index in [2.05, 4.69) is 15.3 Å². The maximum Gasteiger partial charge on any atom is 0.340 e. The summed E-state index contributed by atoms with van der Waals surface area (Å²) < 4.78 is 11.6. The van der Waals surface area contributed by atoms with Crippen molar-refractivity contribution in [2.45, 2.75) is 39.0 Å². The monoisotopic (exact) mass is 427 g/mol. The Labute approximate surface area is 182 Å². The second-order valence-electron chi connectivity index (χ2n) is 8.38. The van der Waals surface area contributed by atoms with Gasteiger partial charge in [0, 0.05) is 28.8 Å². The Morgan fingerprint density at radius 3 is 2.78 bits per heavy atom. The largest absolute Gasteiger partial charge is 0.461 e. The van der Waals surface area contributed by atoms with E-state index in [1.807, 2.05) is 37.3 Å². The molecule has 0 spiro atoms. The summed E-state index contributed by atoms with van der Waals surface area (Å²) in [7, 11) is 0. The van der Waals surface area contributed by atoms with Crippen LogP contribution >= 0.6 is 0 Å². The van der Waals surface area contributed by atoms with Gasteiger partial charge in [0.05, 0.1) is 23.0 Å². The van der Waals surface area contributed by atoms with Gasteiger partial charge in [0.1, 0.15) is 16.9 Å². The van der Waals surface area contributed by atoms with Crippen LogP contribution in [0.1, 0.15) is 35.3 Å². The van der Waals surface area contributed by atoms with Crippen molar-refractivity contribution >= 4 is 44.8 Å². The molecule has 0 radical (unpaired) electrons. The van der Waals surface area contributed by atoms with E-state index in [0.29, 0.717) is 17.1 Å². The second-order valence-corrected chi connectivity index (χ2v) is 8.38. The normalized spacial score (nSPS) is 13.7. The van der Waals surface area contributed by atoms with Crippen molar-refractivity contribution in [3.63, 3.8) is 0 Å². The van der Waals surface area contributed by atoms with Gasteiger partial charge in [0.2, 0.25) is 11.9 Å².